The molecular weight excluding hydrogens is 394 g/mol. The predicted molar refractivity (Wildman–Crippen MR) is 97.8 cm³/mol. The fourth-order valence-electron chi connectivity index (χ4n) is 3.54. The Balaban J connectivity index is 0.00000392. The van der Waals surface area contributed by atoms with Gasteiger partial charge in [-0.05, 0) is 30.2 Å². The van der Waals surface area contributed by atoms with Crippen LogP contribution in [0.3, 0.4) is 0 Å². The molecule has 10 heteroatoms. The molecule has 1 fully saturated rings. The minimum Gasteiger partial charge on any atom is -0.778 e. The summed E-state index contributed by atoms with van der Waals surface area (Å²) in [6.07, 6.45) is 0.868. The number of carboxylic acids is 1. The van der Waals surface area contributed by atoms with E-state index in [0.717, 1.165) is 5.56 Å². The molecule has 1 aromatic rings. The van der Waals surface area contributed by atoms with E-state index < -0.39 is 43.3 Å². The third-order valence-electron chi connectivity index (χ3n) is 4.70. The second-order valence-corrected chi connectivity index (χ2v) is 9.13. The normalized spacial score (nSPS) is 24.8. The molecule has 1 saturated heterocycles. The minimum atomic E-state index is -4.67. The Morgan fingerprint density at radius 2 is 1.93 bits per heavy atom. The first-order chi connectivity index (χ1) is 12.6. The molecule has 1 aromatic carbocycles. The summed E-state index contributed by atoms with van der Waals surface area (Å²) in [6.45, 7) is 3.86. The van der Waals surface area contributed by atoms with E-state index in [1.165, 1.54) is 0 Å². The molecule has 0 bridgehead atoms. The van der Waals surface area contributed by atoms with Crippen LogP contribution in [0.4, 0.5) is 0 Å². The summed E-state index contributed by atoms with van der Waals surface area (Å²) in [5, 5.41) is 14.6. The van der Waals surface area contributed by atoms with Gasteiger partial charge in [0.15, 0.2) is 0 Å². The SMILES string of the molecule is CC(C)C[C@@H]1C[C@@H](C(=O)N[C@@H](Cc2ccccc2)C(=O)O)N[C@H]1P(=O)([O-])O.[Na+]. The van der Waals surface area contributed by atoms with Crippen LogP contribution in [0.25, 0.3) is 0 Å². The number of carbonyl (C=O) groups excluding carboxylic acids is 1. The summed E-state index contributed by atoms with van der Waals surface area (Å²) in [5.74, 6) is -3.17. The van der Waals surface area contributed by atoms with E-state index in [0.29, 0.717) is 6.42 Å². The zero-order valence-electron chi connectivity index (χ0n) is 16.4. The molecule has 2 rings (SSSR count). The molecule has 150 valence electrons. The van der Waals surface area contributed by atoms with Crippen LogP contribution in [0.1, 0.15) is 32.3 Å². The van der Waals surface area contributed by atoms with Gasteiger partial charge in [0.2, 0.25) is 5.91 Å². The van der Waals surface area contributed by atoms with Crippen molar-refractivity contribution in [2.24, 2.45) is 11.8 Å². The van der Waals surface area contributed by atoms with Crippen LogP contribution in [0.15, 0.2) is 30.3 Å². The van der Waals surface area contributed by atoms with E-state index in [1.54, 1.807) is 24.3 Å². The molecule has 8 nitrogen and oxygen atoms in total. The fourth-order valence-corrected chi connectivity index (χ4v) is 4.68. The van der Waals surface area contributed by atoms with E-state index in [9.17, 15) is 29.0 Å². The first-order valence-corrected chi connectivity index (χ1v) is 10.6. The largest absolute Gasteiger partial charge is 1.00 e. The summed E-state index contributed by atoms with van der Waals surface area (Å²) >= 11 is 0. The Morgan fingerprint density at radius 1 is 1.32 bits per heavy atom. The third-order valence-corrected chi connectivity index (χ3v) is 5.97. The van der Waals surface area contributed by atoms with Crippen LogP contribution >= 0.6 is 7.60 Å². The second kappa shape index (κ2) is 10.9. The van der Waals surface area contributed by atoms with Gasteiger partial charge in [-0.15, -0.1) is 0 Å². The quantitative estimate of drug-likeness (QED) is 0.274. The number of benzene rings is 1. The number of carbonyl (C=O) groups is 2. The topological polar surface area (TPSA) is 139 Å². The molecule has 1 aliphatic rings. The zero-order valence-corrected chi connectivity index (χ0v) is 19.3. The molecule has 1 heterocycles. The first kappa shape index (κ1) is 25.3. The Kier molecular flexibility index (Phi) is 9.83. The molecule has 0 spiro atoms. The Bertz CT molecular complexity index is 711. The minimum absolute atomic E-state index is 0. The molecular formula is C18H26N2NaO6P. The molecule has 1 unspecified atom stereocenters. The number of amides is 1. The van der Waals surface area contributed by atoms with Crippen molar-refractivity contribution in [3.05, 3.63) is 35.9 Å². The molecule has 0 saturated carbocycles. The van der Waals surface area contributed by atoms with Gasteiger partial charge in [-0.1, -0.05) is 44.2 Å². The average Bonchev–Trinajstić information content (AvgIpc) is 2.98. The van der Waals surface area contributed by atoms with E-state index in [-0.39, 0.29) is 48.3 Å². The van der Waals surface area contributed by atoms with Crippen LogP contribution in [-0.4, -0.2) is 39.7 Å². The number of nitrogens with one attached hydrogen (secondary N) is 2. The molecule has 4 N–H and O–H groups in total. The second-order valence-electron chi connectivity index (χ2n) is 7.44. The number of hydrogen-bond acceptors (Lipinski definition) is 5. The fraction of sp³-hybridized carbons (Fsp3) is 0.556. The summed E-state index contributed by atoms with van der Waals surface area (Å²) < 4.78 is 11.7. The van der Waals surface area contributed by atoms with Gasteiger partial charge in [-0.2, -0.15) is 0 Å². The van der Waals surface area contributed by atoms with Crippen molar-refractivity contribution < 1.29 is 58.6 Å². The third kappa shape index (κ3) is 7.26. The van der Waals surface area contributed by atoms with Crippen LogP contribution in [0.2, 0.25) is 0 Å². The van der Waals surface area contributed by atoms with Gasteiger partial charge in [0.25, 0.3) is 0 Å². The van der Waals surface area contributed by atoms with Crippen molar-refractivity contribution in [3.63, 3.8) is 0 Å². The smallest absolute Gasteiger partial charge is 0.778 e. The summed E-state index contributed by atoms with van der Waals surface area (Å²) in [6, 6.07) is 6.91. The van der Waals surface area contributed by atoms with Crippen molar-refractivity contribution in [1.29, 1.82) is 0 Å². The van der Waals surface area contributed by atoms with Gasteiger partial charge in [0.05, 0.1) is 11.8 Å². The summed E-state index contributed by atoms with van der Waals surface area (Å²) in [4.78, 5) is 45.2. The van der Waals surface area contributed by atoms with Crippen molar-refractivity contribution in [2.45, 2.75) is 51.0 Å². The van der Waals surface area contributed by atoms with Crippen molar-refractivity contribution in [1.82, 2.24) is 10.6 Å². The number of rotatable bonds is 8. The van der Waals surface area contributed by atoms with Crippen molar-refractivity contribution >= 4 is 19.5 Å². The van der Waals surface area contributed by atoms with Crippen molar-refractivity contribution in [3.8, 4) is 0 Å². The van der Waals surface area contributed by atoms with E-state index in [1.807, 2.05) is 19.9 Å². The van der Waals surface area contributed by atoms with Gasteiger partial charge in [0.1, 0.15) is 13.6 Å². The maximum atomic E-state index is 12.5. The van der Waals surface area contributed by atoms with Crippen LogP contribution < -0.4 is 45.1 Å². The van der Waals surface area contributed by atoms with Gasteiger partial charge < -0.3 is 24.8 Å². The summed E-state index contributed by atoms with van der Waals surface area (Å²) in [7, 11) is -4.67. The first-order valence-electron chi connectivity index (χ1n) is 8.94. The Hall–Kier alpha value is -0.730. The maximum absolute atomic E-state index is 12.5. The van der Waals surface area contributed by atoms with Crippen molar-refractivity contribution in [2.75, 3.05) is 0 Å². The summed E-state index contributed by atoms with van der Waals surface area (Å²) in [5.41, 5.74) is 0.763. The monoisotopic (exact) mass is 420 g/mol. The standard InChI is InChI=1S/C18H27N2O6P.Na/c1-11(2)8-13-10-14(20-17(13)27(24,25)26)16(21)19-15(18(22)23)9-12-6-4-3-5-7-12;/h3-7,11,13-15,17,20H,8-10H2,1-2H3,(H,19,21)(H,22,23)(H2,24,25,26);/q;+1/p-1/t13-,14+,15+,17+;/m1./s1. The molecule has 0 aliphatic carbocycles. The Labute approximate surface area is 186 Å². The number of hydrogen-bond donors (Lipinski definition) is 4. The zero-order chi connectivity index (χ0) is 20.2. The van der Waals surface area contributed by atoms with Crippen LogP contribution in [0.5, 0.6) is 0 Å². The molecule has 28 heavy (non-hydrogen) atoms. The molecule has 1 aliphatic heterocycles. The van der Waals surface area contributed by atoms with E-state index in [2.05, 4.69) is 10.6 Å². The molecule has 5 atom stereocenters. The Morgan fingerprint density at radius 3 is 2.43 bits per heavy atom. The van der Waals surface area contributed by atoms with Gasteiger partial charge in [-0.25, -0.2) is 4.79 Å². The van der Waals surface area contributed by atoms with E-state index in [4.69, 9.17) is 0 Å². The molecule has 1 amide bonds. The molecule has 0 radical (unpaired) electrons. The average molecular weight is 420 g/mol. The van der Waals surface area contributed by atoms with Gasteiger partial charge >= 0.3 is 35.5 Å². The number of aliphatic carboxylic acids is 1. The number of carboxylic acid groups (broad SMARTS) is 1. The molecule has 0 aromatic heterocycles. The van der Waals surface area contributed by atoms with Gasteiger partial charge in [-0.3, -0.25) is 10.1 Å². The maximum Gasteiger partial charge on any atom is 1.00 e. The predicted octanol–water partition coefficient (Wildman–Crippen LogP) is -2.30. The van der Waals surface area contributed by atoms with Gasteiger partial charge in [0, 0.05) is 6.42 Å². The van der Waals surface area contributed by atoms with Crippen LogP contribution in [0, 0.1) is 11.8 Å². The van der Waals surface area contributed by atoms with Crippen LogP contribution in [-0.2, 0) is 20.6 Å². The van der Waals surface area contributed by atoms with E-state index >= 15 is 0 Å².